The van der Waals surface area contributed by atoms with Gasteiger partial charge < -0.3 is 14.5 Å². The molecule has 0 aromatic heterocycles. The van der Waals surface area contributed by atoms with Crippen LogP contribution in [0.2, 0.25) is 0 Å². The van der Waals surface area contributed by atoms with Crippen molar-refractivity contribution < 1.29 is 14.3 Å². The molecule has 0 unspecified atom stereocenters. The van der Waals surface area contributed by atoms with Crippen LogP contribution in [-0.4, -0.2) is 47.4 Å². The Labute approximate surface area is 143 Å². The lowest BCUT2D eigenvalue weighted by Gasteiger charge is -2.30. The van der Waals surface area contributed by atoms with Crippen LogP contribution in [0.25, 0.3) is 0 Å². The third kappa shape index (κ3) is 4.37. The third-order valence-corrected chi connectivity index (χ3v) is 4.18. The average Bonchev–Trinajstić information content (AvgIpc) is 3.00. The standard InChI is InChI=1S/C19H26N2O3/c1-4-11-20(14-16-8-6-9-17(13-16)24-5-2)19(23)15(3)21-12-7-10-18(21)22/h4,6,8-9,13,15H,1,5,7,10-12,14H2,2-3H3/t15-/m0/s1. The normalized spacial score (nSPS) is 15.2. The molecule has 1 heterocycles. The summed E-state index contributed by atoms with van der Waals surface area (Å²) in [5.74, 6) is 0.809. The number of amides is 2. The summed E-state index contributed by atoms with van der Waals surface area (Å²) in [6, 6.07) is 7.30. The maximum absolute atomic E-state index is 12.8. The van der Waals surface area contributed by atoms with Gasteiger partial charge in [0.25, 0.3) is 0 Å². The smallest absolute Gasteiger partial charge is 0.245 e. The van der Waals surface area contributed by atoms with Gasteiger partial charge in [-0.05, 0) is 38.0 Å². The lowest BCUT2D eigenvalue weighted by molar-refractivity contribution is -0.142. The van der Waals surface area contributed by atoms with Crippen molar-refractivity contribution in [2.45, 2.75) is 39.3 Å². The molecule has 5 nitrogen and oxygen atoms in total. The molecule has 1 saturated heterocycles. The van der Waals surface area contributed by atoms with Crippen molar-refractivity contribution in [2.75, 3.05) is 19.7 Å². The summed E-state index contributed by atoms with van der Waals surface area (Å²) in [6.45, 7) is 9.67. The number of carbonyl (C=O) groups is 2. The molecule has 2 rings (SSSR count). The molecule has 0 saturated carbocycles. The number of carbonyl (C=O) groups excluding carboxylic acids is 2. The zero-order valence-electron chi connectivity index (χ0n) is 14.5. The Bertz CT molecular complexity index is 600. The first-order valence-corrected chi connectivity index (χ1v) is 8.47. The van der Waals surface area contributed by atoms with Crippen molar-refractivity contribution in [1.82, 2.24) is 9.80 Å². The van der Waals surface area contributed by atoms with E-state index in [0.29, 0.717) is 32.7 Å². The van der Waals surface area contributed by atoms with E-state index in [0.717, 1.165) is 17.7 Å². The number of ether oxygens (including phenoxy) is 1. The van der Waals surface area contributed by atoms with Gasteiger partial charge in [-0.1, -0.05) is 18.2 Å². The lowest BCUT2D eigenvalue weighted by Crippen LogP contribution is -2.47. The van der Waals surface area contributed by atoms with Gasteiger partial charge in [-0.15, -0.1) is 6.58 Å². The predicted molar refractivity (Wildman–Crippen MR) is 93.6 cm³/mol. The monoisotopic (exact) mass is 330 g/mol. The molecular weight excluding hydrogens is 304 g/mol. The molecule has 0 N–H and O–H groups in total. The summed E-state index contributed by atoms with van der Waals surface area (Å²) in [5.41, 5.74) is 0.996. The Kier molecular flexibility index (Phi) is 6.41. The van der Waals surface area contributed by atoms with Gasteiger partial charge in [0, 0.05) is 26.1 Å². The zero-order valence-corrected chi connectivity index (χ0v) is 14.5. The maximum Gasteiger partial charge on any atom is 0.245 e. The second kappa shape index (κ2) is 8.52. The molecular formula is C19H26N2O3. The number of hydrogen-bond donors (Lipinski definition) is 0. The fourth-order valence-electron chi connectivity index (χ4n) is 2.99. The summed E-state index contributed by atoms with van der Waals surface area (Å²) >= 11 is 0. The molecule has 1 fully saturated rings. The first-order chi connectivity index (χ1) is 11.6. The second-order valence-corrected chi connectivity index (χ2v) is 5.95. The Balaban J connectivity index is 2.10. The number of hydrogen-bond acceptors (Lipinski definition) is 3. The minimum atomic E-state index is -0.435. The SMILES string of the molecule is C=CCN(Cc1cccc(OCC)c1)C(=O)[C@H](C)N1CCCC1=O. The molecule has 1 aliphatic rings. The van der Waals surface area contributed by atoms with E-state index in [1.165, 1.54) is 0 Å². The van der Waals surface area contributed by atoms with Gasteiger partial charge in [-0.3, -0.25) is 9.59 Å². The summed E-state index contributed by atoms with van der Waals surface area (Å²) in [5, 5.41) is 0. The second-order valence-electron chi connectivity index (χ2n) is 5.95. The summed E-state index contributed by atoms with van der Waals surface area (Å²) in [7, 11) is 0. The van der Waals surface area contributed by atoms with Gasteiger partial charge in [0.1, 0.15) is 11.8 Å². The van der Waals surface area contributed by atoms with E-state index in [1.807, 2.05) is 31.2 Å². The molecule has 0 radical (unpaired) electrons. The van der Waals surface area contributed by atoms with Crippen molar-refractivity contribution in [3.05, 3.63) is 42.5 Å². The summed E-state index contributed by atoms with van der Waals surface area (Å²) < 4.78 is 5.51. The van der Waals surface area contributed by atoms with Crippen LogP contribution in [0.5, 0.6) is 5.75 Å². The average molecular weight is 330 g/mol. The Morgan fingerprint density at radius 1 is 1.50 bits per heavy atom. The number of rotatable bonds is 8. The highest BCUT2D eigenvalue weighted by Crippen LogP contribution is 2.18. The van der Waals surface area contributed by atoms with E-state index in [1.54, 1.807) is 22.8 Å². The van der Waals surface area contributed by atoms with Crippen LogP contribution in [0.3, 0.4) is 0 Å². The Morgan fingerprint density at radius 3 is 2.92 bits per heavy atom. The quantitative estimate of drug-likeness (QED) is 0.689. The molecule has 24 heavy (non-hydrogen) atoms. The fraction of sp³-hybridized carbons (Fsp3) is 0.474. The highest BCUT2D eigenvalue weighted by molar-refractivity contribution is 5.88. The number of nitrogens with zero attached hydrogens (tertiary/aromatic N) is 2. The van der Waals surface area contributed by atoms with E-state index in [4.69, 9.17) is 4.74 Å². The van der Waals surface area contributed by atoms with E-state index in [-0.39, 0.29) is 11.8 Å². The highest BCUT2D eigenvalue weighted by atomic mass is 16.5. The molecule has 2 amide bonds. The fourth-order valence-corrected chi connectivity index (χ4v) is 2.99. The summed E-state index contributed by atoms with van der Waals surface area (Å²) in [6.07, 6.45) is 3.08. The van der Waals surface area contributed by atoms with Gasteiger partial charge in [-0.25, -0.2) is 0 Å². The van der Waals surface area contributed by atoms with Gasteiger partial charge in [0.15, 0.2) is 0 Å². The van der Waals surface area contributed by atoms with Crippen LogP contribution in [-0.2, 0) is 16.1 Å². The van der Waals surface area contributed by atoms with E-state index in [9.17, 15) is 9.59 Å². The molecule has 0 spiro atoms. The van der Waals surface area contributed by atoms with Crippen molar-refractivity contribution in [3.8, 4) is 5.75 Å². The van der Waals surface area contributed by atoms with Crippen LogP contribution >= 0.6 is 0 Å². The Hall–Kier alpha value is -2.30. The van der Waals surface area contributed by atoms with Gasteiger partial charge in [0.2, 0.25) is 11.8 Å². The van der Waals surface area contributed by atoms with Gasteiger partial charge >= 0.3 is 0 Å². The van der Waals surface area contributed by atoms with Crippen molar-refractivity contribution >= 4 is 11.8 Å². The molecule has 1 atom stereocenters. The predicted octanol–water partition coefficient (Wildman–Crippen LogP) is 2.61. The topological polar surface area (TPSA) is 49.9 Å². The van der Waals surface area contributed by atoms with Crippen molar-refractivity contribution in [3.63, 3.8) is 0 Å². The van der Waals surface area contributed by atoms with Crippen LogP contribution in [0.1, 0.15) is 32.3 Å². The first-order valence-electron chi connectivity index (χ1n) is 8.47. The van der Waals surface area contributed by atoms with Gasteiger partial charge in [-0.2, -0.15) is 0 Å². The molecule has 1 aromatic carbocycles. The van der Waals surface area contributed by atoms with Crippen molar-refractivity contribution in [1.29, 1.82) is 0 Å². The van der Waals surface area contributed by atoms with Crippen LogP contribution in [0, 0.1) is 0 Å². The first kappa shape index (κ1) is 18.0. The van der Waals surface area contributed by atoms with E-state index < -0.39 is 6.04 Å². The molecule has 1 aromatic rings. The Morgan fingerprint density at radius 2 is 2.29 bits per heavy atom. The van der Waals surface area contributed by atoms with Gasteiger partial charge in [0.05, 0.1) is 6.61 Å². The van der Waals surface area contributed by atoms with E-state index in [2.05, 4.69) is 6.58 Å². The lowest BCUT2D eigenvalue weighted by atomic mass is 10.1. The molecule has 1 aliphatic heterocycles. The molecule has 0 aliphatic carbocycles. The third-order valence-electron chi connectivity index (χ3n) is 4.18. The number of benzene rings is 1. The molecule has 0 bridgehead atoms. The highest BCUT2D eigenvalue weighted by Gasteiger charge is 2.31. The summed E-state index contributed by atoms with van der Waals surface area (Å²) in [4.78, 5) is 28.1. The van der Waals surface area contributed by atoms with Crippen molar-refractivity contribution in [2.24, 2.45) is 0 Å². The minimum Gasteiger partial charge on any atom is -0.494 e. The largest absolute Gasteiger partial charge is 0.494 e. The zero-order chi connectivity index (χ0) is 17.5. The maximum atomic E-state index is 12.8. The van der Waals surface area contributed by atoms with Crippen LogP contribution in [0.4, 0.5) is 0 Å². The number of likely N-dealkylation sites (tertiary alicyclic amines) is 1. The van der Waals surface area contributed by atoms with Crippen LogP contribution < -0.4 is 4.74 Å². The minimum absolute atomic E-state index is 0.0491. The molecule has 130 valence electrons. The van der Waals surface area contributed by atoms with Crippen LogP contribution in [0.15, 0.2) is 36.9 Å². The molecule has 5 heteroatoms. The van der Waals surface area contributed by atoms with E-state index >= 15 is 0 Å².